The number of nitrogens with two attached hydrogens (primary N) is 1. The number of rotatable bonds is 2. The van der Waals surface area contributed by atoms with Gasteiger partial charge < -0.3 is 11.1 Å². The highest BCUT2D eigenvalue weighted by molar-refractivity contribution is 5.80. The van der Waals surface area contributed by atoms with Crippen molar-refractivity contribution in [3.63, 3.8) is 0 Å². The molecule has 3 nitrogen and oxygen atoms in total. The first-order valence-corrected chi connectivity index (χ1v) is 6.41. The lowest BCUT2D eigenvalue weighted by molar-refractivity contribution is -0.121. The third kappa shape index (κ3) is 2.01. The first-order valence-electron chi connectivity index (χ1n) is 6.41. The lowest BCUT2D eigenvalue weighted by Gasteiger charge is -2.35. The molecule has 1 saturated carbocycles. The van der Waals surface area contributed by atoms with E-state index >= 15 is 0 Å². The van der Waals surface area contributed by atoms with Crippen molar-refractivity contribution in [1.82, 2.24) is 5.32 Å². The van der Waals surface area contributed by atoms with Gasteiger partial charge >= 0.3 is 0 Å². The van der Waals surface area contributed by atoms with Gasteiger partial charge in [-0.2, -0.15) is 0 Å². The van der Waals surface area contributed by atoms with Gasteiger partial charge in [-0.1, -0.05) is 18.2 Å². The zero-order chi connectivity index (χ0) is 12.8. The van der Waals surface area contributed by atoms with Crippen LogP contribution >= 0.6 is 0 Å². The maximum absolute atomic E-state index is 13.8. The Morgan fingerprint density at radius 3 is 2.72 bits per heavy atom. The van der Waals surface area contributed by atoms with Crippen molar-refractivity contribution < 1.29 is 9.18 Å². The van der Waals surface area contributed by atoms with Gasteiger partial charge in [0.2, 0.25) is 5.91 Å². The van der Waals surface area contributed by atoms with Crippen LogP contribution < -0.4 is 11.1 Å². The van der Waals surface area contributed by atoms with Gasteiger partial charge in [-0.3, -0.25) is 4.79 Å². The van der Waals surface area contributed by atoms with E-state index in [4.69, 9.17) is 5.73 Å². The molecule has 3 rings (SSSR count). The molecule has 1 aliphatic heterocycles. The lowest BCUT2D eigenvalue weighted by Crippen LogP contribution is -2.52. The van der Waals surface area contributed by atoms with Crippen molar-refractivity contribution in [2.75, 3.05) is 0 Å². The SMILES string of the molecule is NC(=O)C1CC(c2ccccc2F)CC2(CC2)N1. The van der Waals surface area contributed by atoms with Gasteiger partial charge in [0, 0.05) is 5.54 Å². The number of primary amides is 1. The molecule has 96 valence electrons. The Hall–Kier alpha value is -1.42. The van der Waals surface area contributed by atoms with Crippen LogP contribution in [0.5, 0.6) is 0 Å². The Balaban J connectivity index is 1.88. The summed E-state index contributed by atoms with van der Waals surface area (Å²) in [5.74, 6) is -0.418. The second-order valence-electron chi connectivity index (χ2n) is 5.54. The van der Waals surface area contributed by atoms with E-state index in [1.165, 1.54) is 6.07 Å². The normalized spacial score (nSPS) is 29.2. The second kappa shape index (κ2) is 4.05. The molecule has 1 heterocycles. The molecule has 1 aromatic carbocycles. The highest BCUT2D eigenvalue weighted by Gasteiger charge is 2.50. The van der Waals surface area contributed by atoms with E-state index in [1.54, 1.807) is 6.07 Å². The van der Waals surface area contributed by atoms with E-state index in [2.05, 4.69) is 5.32 Å². The Kier molecular flexibility index (Phi) is 2.63. The van der Waals surface area contributed by atoms with Crippen LogP contribution in [0.2, 0.25) is 0 Å². The predicted molar refractivity (Wildman–Crippen MR) is 66.5 cm³/mol. The molecule has 4 heteroatoms. The summed E-state index contributed by atoms with van der Waals surface area (Å²) in [5, 5.41) is 3.33. The van der Waals surface area contributed by atoms with Crippen LogP contribution in [0.1, 0.15) is 37.2 Å². The number of piperidine rings is 1. The first kappa shape index (κ1) is 11.7. The maximum atomic E-state index is 13.8. The summed E-state index contributed by atoms with van der Waals surface area (Å²) in [6.45, 7) is 0. The second-order valence-corrected chi connectivity index (χ2v) is 5.54. The monoisotopic (exact) mass is 248 g/mol. The molecule has 2 fully saturated rings. The van der Waals surface area contributed by atoms with Crippen molar-refractivity contribution in [2.24, 2.45) is 5.73 Å². The summed E-state index contributed by atoms with van der Waals surface area (Å²) in [7, 11) is 0. The number of nitrogens with one attached hydrogen (secondary N) is 1. The third-order valence-electron chi connectivity index (χ3n) is 4.18. The van der Waals surface area contributed by atoms with Gasteiger partial charge in [0.25, 0.3) is 0 Å². The van der Waals surface area contributed by atoms with E-state index in [9.17, 15) is 9.18 Å². The van der Waals surface area contributed by atoms with Gasteiger partial charge in [-0.05, 0) is 43.2 Å². The molecule has 1 amide bonds. The van der Waals surface area contributed by atoms with E-state index in [1.807, 2.05) is 12.1 Å². The number of amides is 1. The zero-order valence-electron chi connectivity index (χ0n) is 10.2. The minimum atomic E-state index is -0.331. The third-order valence-corrected chi connectivity index (χ3v) is 4.18. The molecule has 3 N–H and O–H groups in total. The fourth-order valence-electron chi connectivity index (χ4n) is 3.06. The maximum Gasteiger partial charge on any atom is 0.234 e. The molecule has 2 atom stereocenters. The quantitative estimate of drug-likeness (QED) is 0.836. The summed E-state index contributed by atoms with van der Waals surface area (Å²) in [4.78, 5) is 11.4. The standard InChI is InChI=1S/C14H17FN2O/c15-11-4-2-1-3-10(11)9-7-12(13(16)18)17-14(8-9)5-6-14/h1-4,9,12,17H,5-8H2,(H2,16,18). The average molecular weight is 248 g/mol. The fraction of sp³-hybridized carbons (Fsp3) is 0.500. The summed E-state index contributed by atoms with van der Waals surface area (Å²) in [6.07, 6.45) is 3.61. The van der Waals surface area contributed by atoms with Crippen LogP contribution in [0.25, 0.3) is 0 Å². The Morgan fingerprint density at radius 2 is 2.11 bits per heavy atom. The first-order chi connectivity index (χ1) is 8.60. The molecule has 2 aliphatic rings. The van der Waals surface area contributed by atoms with Gasteiger partial charge in [-0.25, -0.2) is 4.39 Å². The fourth-order valence-corrected chi connectivity index (χ4v) is 3.06. The average Bonchev–Trinajstić information content (AvgIpc) is 3.08. The number of halogens is 1. The minimum absolute atomic E-state index is 0.0326. The number of carbonyl (C=O) groups is 1. The van der Waals surface area contributed by atoms with Crippen LogP contribution in [0.4, 0.5) is 4.39 Å². The number of hydrogen-bond acceptors (Lipinski definition) is 2. The van der Waals surface area contributed by atoms with Crippen LogP contribution in [-0.2, 0) is 4.79 Å². The molecule has 0 bridgehead atoms. The van der Waals surface area contributed by atoms with Gasteiger partial charge in [-0.15, -0.1) is 0 Å². The topological polar surface area (TPSA) is 55.1 Å². The van der Waals surface area contributed by atoms with Gasteiger partial charge in [0.15, 0.2) is 0 Å². The van der Waals surface area contributed by atoms with Crippen molar-refractivity contribution in [3.8, 4) is 0 Å². The zero-order valence-corrected chi connectivity index (χ0v) is 10.2. The number of hydrogen-bond donors (Lipinski definition) is 2. The molecule has 2 unspecified atom stereocenters. The van der Waals surface area contributed by atoms with Crippen LogP contribution in [0, 0.1) is 5.82 Å². The largest absolute Gasteiger partial charge is 0.368 e. The van der Waals surface area contributed by atoms with E-state index in [-0.39, 0.29) is 29.2 Å². The van der Waals surface area contributed by atoms with E-state index in [0.717, 1.165) is 24.8 Å². The van der Waals surface area contributed by atoms with Crippen molar-refractivity contribution >= 4 is 5.91 Å². The van der Waals surface area contributed by atoms with Crippen molar-refractivity contribution in [1.29, 1.82) is 0 Å². The number of carbonyl (C=O) groups excluding carboxylic acids is 1. The lowest BCUT2D eigenvalue weighted by atomic mass is 9.81. The number of benzene rings is 1. The minimum Gasteiger partial charge on any atom is -0.368 e. The highest BCUT2D eigenvalue weighted by atomic mass is 19.1. The Bertz CT molecular complexity index is 484. The summed E-state index contributed by atoms with van der Waals surface area (Å²) < 4.78 is 13.8. The van der Waals surface area contributed by atoms with Crippen LogP contribution in [0.15, 0.2) is 24.3 Å². The predicted octanol–water partition coefficient (Wildman–Crippen LogP) is 1.68. The molecule has 0 radical (unpaired) electrons. The van der Waals surface area contributed by atoms with E-state index in [0.29, 0.717) is 6.42 Å². The Labute approximate surface area is 106 Å². The molecular weight excluding hydrogens is 231 g/mol. The molecule has 1 saturated heterocycles. The molecule has 18 heavy (non-hydrogen) atoms. The van der Waals surface area contributed by atoms with Gasteiger partial charge in [0.05, 0.1) is 6.04 Å². The molecular formula is C14H17FN2O. The highest BCUT2D eigenvalue weighted by Crippen LogP contribution is 2.48. The summed E-state index contributed by atoms with van der Waals surface area (Å²) in [5.41, 5.74) is 6.15. The van der Waals surface area contributed by atoms with E-state index < -0.39 is 0 Å². The van der Waals surface area contributed by atoms with Crippen molar-refractivity contribution in [3.05, 3.63) is 35.6 Å². The molecule has 0 aromatic heterocycles. The summed E-state index contributed by atoms with van der Waals surface area (Å²) in [6, 6.07) is 6.51. The molecule has 1 spiro atoms. The van der Waals surface area contributed by atoms with Crippen LogP contribution in [-0.4, -0.2) is 17.5 Å². The summed E-state index contributed by atoms with van der Waals surface area (Å²) >= 11 is 0. The van der Waals surface area contributed by atoms with Gasteiger partial charge in [0.1, 0.15) is 5.82 Å². The van der Waals surface area contributed by atoms with Crippen LogP contribution in [0.3, 0.4) is 0 Å². The molecule has 1 aromatic rings. The van der Waals surface area contributed by atoms with Crippen molar-refractivity contribution in [2.45, 2.75) is 43.2 Å². The molecule has 1 aliphatic carbocycles. The smallest absolute Gasteiger partial charge is 0.234 e. The Morgan fingerprint density at radius 1 is 1.39 bits per heavy atom.